The van der Waals surface area contributed by atoms with Crippen LogP contribution in [0.1, 0.15) is 36.2 Å². The predicted octanol–water partition coefficient (Wildman–Crippen LogP) is 0.286. The van der Waals surface area contributed by atoms with Gasteiger partial charge in [-0.2, -0.15) is 0 Å². The summed E-state index contributed by atoms with van der Waals surface area (Å²) in [5, 5.41) is 16.4. The van der Waals surface area contributed by atoms with Crippen LogP contribution < -0.4 is 5.32 Å². The minimum absolute atomic E-state index is 0.0583. The molecule has 6 nitrogen and oxygen atoms in total. The second-order valence-corrected chi connectivity index (χ2v) is 3.90. The molecule has 0 aliphatic carbocycles. The maximum atomic E-state index is 12.6. The standard InChI is InChI=1S/C9H14F2N4O2/c1-5(2)6-13-7(15-14-6)8(17)12-3-9(10,11)4-16/h5,16H,3-4H2,1-2H3,(H,12,17)(H,13,14,15). The molecule has 0 bridgehead atoms. The third-order valence-corrected chi connectivity index (χ3v) is 1.99. The number of nitrogens with zero attached hydrogens (tertiary/aromatic N) is 2. The van der Waals surface area contributed by atoms with E-state index in [-0.39, 0.29) is 11.7 Å². The van der Waals surface area contributed by atoms with Gasteiger partial charge in [-0.05, 0) is 0 Å². The first-order valence-electron chi connectivity index (χ1n) is 5.05. The predicted molar refractivity (Wildman–Crippen MR) is 54.8 cm³/mol. The molecule has 0 aliphatic rings. The highest BCUT2D eigenvalue weighted by Crippen LogP contribution is 2.10. The molecule has 0 aromatic carbocycles. The van der Waals surface area contributed by atoms with E-state index < -0.39 is 25.0 Å². The summed E-state index contributed by atoms with van der Waals surface area (Å²) >= 11 is 0. The number of halogens is 2. The summed E-state index contributed by atoms with van der Waals surface area (Å²) in [7, 11) is 0. The van der Waals surface area contributed by atoms with Gasteiger partial charge in [-0.25, -0.2) is 13.8 Å². The Morgan fingerprint density at radius 1 is 1.59 bits per heavy atom. The van der Waals surface area contributed by atoms with Crippen molar-refractivity contribution in [1.82, 2.24) is 20.5 Å². The van der Waals surface area contributed by atoms with E-state index in [0.29, 0.717) is 5.82 Å². The molecule has 0 unspecified atom stereocenters. The number of H-pyrrole nitrogens is 1. The monoisotopic (exact) mass is 248 g/mol. The highest BCUT2D eigenvalue weighted by Gasteiger charge is 2.29. The zero-order chi connectivity index (χ0) is 13.1. The largest absolute Gasteiger partial charge is 0.390 e. The number of alkyl halides is 2. The van der Waals surface area contributed by atoms with Crippen LogP contribution in [0.25, 0.3) is 0 Å². The van der Waals surface area contributed by atoms with Crippen LogP contribution in [0.4, 0.5) is 8.78 Å². The molecular weight excluding hydrogens is 234 g/mol. The van der Waals surface area contributed by atoms with Crippen molar-refractivity contribution in [2.24, 2.45) is 0 Å². The molecule has 0 spiro atoms. The first-order chi connectivity index (χ1) is 7.85. The summed E-state index contributed by atoms with van der Waals surface area (Å²) in [6.45, 7) is 1.43. The number of aromatic nitrogens is 3. The van der Waals surface area contributed by atoms with Crippen LogP contribution in [0.15, 0.2) is 0 Å². The molecule has 0 saturated carbocycles. The molecule has 1 heterocycles. The van der Waals surface area contributed by atoms with Gasteiger partial charge in [0.05, 0.1) is 6.54 Å². The number of rotatable bonds is 5. The molecule has 8 heteroatoms. The Morgan fingerprint density at radius 2 is 2.24 bits per heavy atom. The van der Waals surface area contributed by atoms with E-state index in [1.807, 2.05) is 19.2 Å². The lowest BCUT2D eigenvalue weighted by atomic mass is 10.2. The molecular formula is C9H14F2N4O2. The molecule has 0 radical (unpaired) electrons. The average Bonchev–Trinajstić information content (AvgIpc) is 2.75. The summed E-state index contributed by atoms with van der Waals surface area (Å²) in [5.41, 5.74) is 0. The van der Waals surface area contributed by atoms with E-state index in [9.17, 15) is 13.6 Å². The zero-order valence-corrected chi connectivity index (χ0v) is 9.50. The van der Waals surface area contributed by atoms with Gasteiger partial charge in [0.25, 0.3) is 11.8 Å². The number of hydrogen-bond donors (Lipinski definition) is 3. The zero-order valence-electron chi connectivity index (χ0n) is 9.50. The van der Waals surface area contributed by atoms with Crippen LogP contribution in [-0.2, 0) is 0 Å². The number of aliphatic hydroxyl groups is 1. The van der Waals surface area contributed by atoms with Crippen molar-refractivity contribution in [2.45, 2.75) is 25.7 Å². The van der Waals surface area contributed by atoms with E-state index in [1.54, 1.807) is 0 Å². The average molecular weight is 248 g/mol. The summed E-state index contributed by atoms with van der Waals surface area (Å²) < 4.78 is 25.3. The Labute approximate surface area is 96.4 Å². The Bertz CT molecular complexity index is 392. The van der Waals surface area contributed by atoms with E-state index >= 15 is 0 Å². The molecule has 96 valence electrons. The maximum absolute atomic E-state index is 12.6. The number of nitrogens with one attached hydrogen (secondary N) is 2. The van der Waals surface area contributed by atoms with Gasteiger partial charge in [0, 0.05) is 5.92 Å². The minimum atomic E-state index is -3.34. The van der Waals surface area contributed by atoms with Gasteiger partial charge >= 0.3 is 0 Å². The smallest absolute Gasteiger partial charge is 0.291 e. The van der Waals surface area contributed by atoms with E-state index in [2.05, 4.69) is 15.2 Å². The summed E-state index contributed by atoms with van der Waals surface area (Å²) in [5.74, 6) is -3.77. The lowest BCUT2D eigenvalue weighted by molar-refractivity contribution is -0.0462. The number of hydrogen-bond acceptors (Lipinski definition) is 4. The Morgan fingerprint density at radius 3 is 2.71 bits per heavy atom. The minimum Gasteiger partial charge on any atom is -0.390 e. The van der Waals surface area contributed by atoms with Crippen molar-refractivity contribution in [3.8, 4) is 0 Å². The number of aromatic amines is 1. The fourth-order valence-corrected chi connectivity index (χ4v) is 0.979. The van der Waals surface area contributed by atoms with Crippen LogP contribution in [0.3, 0.4) is 0 Å². The van der Waals surface area contributed by atoms with Gasteiger partial charge in [0.1, 0.15) is 12.4 Å². The molecule has 1 amide bonds. The fraction of sp³-hybridized carbons (Fsp3) is 0.667. The normalized spacial score (nSPS) is 11.9. The molecule has 0 saturated heterocycles. The van der Waals surface area contributed by atoms with Crippen LogP contribution in [0.5, 0.6) is 0 Å². The number of carbonyl (C=O) groups excluding carboxylic acids is 1. The molecule has 1 rings (SSSR count). The number of amides is 1. The van der Waals surface area contributed by atoms with Gasteiger partial charge in [0.2, 0.25) is 5.82 Å². The van der Waals surface area contributed by atoms with Gasteiger partial charge in [-0.15, -0.1) is 5.10 Å². The Balaban J connectivity index is 2.58. The first-order valence-corrected chi connectivity index (χ1v) is 5.05. The van der Waals surface area contributed by atoms with Crippen LogP contribution in [0.2, 0.25) is 0 Å². The topological polar surface area (TPSA) is 90.9 Å². The van der Waals surface area contributed by atoms with Crippen molar-refractivity contribution in [3.63, 3.8) is 0 Å². The van der Waals surface area contributed by atoms with E-state index in [1.165, 1.54) is 0 Å². The Hall–Kier alpha value is -1.57. The van der Waals surface area contributed by atoms with Crippen molar-refractivity contribution in [1.29, 1.82) is 0 Å². The van der Waals surface area contributed by atoms with Crippen molar-refractivity contribution in [3.05, 3.63) is 11.6 Å². The van der Waals surface area contributed by atoms with Crippen LogP contribution in [-0.4, -0.2) is 45.3 Å². The third kappa shape index (κ3) is 3.74. The van der Waals surface area contributed by atoms with Crippen molar-refractivity contribution >= 4 is 5.91 Å². The van der Waals surface area contributed by atoms with Gasteiger partial charge in [-0.3, -0.25) is 9.89 Å². The molecule has 3 N–H and O–H groups in total. The number of carbonyl (C=O) groups is 1. The molecule has 0 fully saturated rings. The lowest BCUT2D eigenvalue weighted by Crippen LogP contribution is -2.39. The lowest BCUT2D eigenvalue weighted by Gasteiger charge is -2.12. The van der Waals surface area contributed by atoms with Gasteiger partial charge < -0.3 is 10.4 Å². The summed E-state index contributed by atoms with van der Waals surface area (Å²) in [4.78, 5) is 15.2. The van der Waals surface area contributed by atoms with Crippen molar-refractivity contribution in [2.75, 3.05) is 13.2 Å². The summed E-state index contributed by atoms with van der Waals surface area (Å²) in [6, 6.07) is 0. The second kappa shape index (κ2) is 5.17. The van der Waals surface area contributed by atoms with E-state index in [4.69, 9.17) is 5.11 Å². The first kappa shape index (κ1) is 13.5. The van der Waals surface area contributed by atoms with Crippen molar-refractivity contribution < 1.29 is 18.7 Å². The highest BCUT2D eigenvalue weighted by molar-refractivity contribution is 5.90. The SMILES string of the molecule is CC(C)c1nc(C(=O)NCC(F)(F)CO)n[nH]1. The summed E-state index contributed by atoms with van der Waals surface area (Å²) in [6.07, 6.45) is 0. The van der Waals surface area contributed by atoms with Gasteiger partial charge in [-0.1, -0.05) is 13.8 Å². The second-order valence-electron chi connectivity index (χ2n) is 3.90. The quantitative estimate of drug-likeness (QED) is 0.698. The molecule has 1 aromatic heterocycles. The Kier molecular flexibility index (Phi) is 4.11. The number of aliphatic hydroxyl groups excluding tert-OH is 1. The maximum Gasteiger partial charge on any atom is 0.291 e. The third-order valence-electron chi connectivity index (χ3n) is 1.99. The molecule has 0 aliphatic heterocycles. The van der Waals surface area contributed by atoms with Crippen LogP contribution in [0, 0.1) is 0 Å². The highest BCUT2D eigenvalue weighted by atomic mass is 19.3. The van der Waals surface area contributed by atoms with E-state index in [0.717, 1.165) is 0 Å². The van der Waals surface area contributed by atoms with Gasteiger partial charge in [0.15, 0.2) is 0 Å². The fourth-order valence-electron chi connectivity index (χ4n) is 0.979. The molecule has 1 aromatic rings. The molecule has 0 atom stereocenters. The van der Waals surface area contributed by atoms with Crippen LogP contribution >= 0.6 is 0 Å². The molecule has 17 heavy (non-hydrogen) atoms.